The van der Waals surface area contributed by atoms with Gasteiger partial charge in [-0.3, -0.25) is 9.59 Å². The highest BCUT2D eigenvalue weighted by atomic mass is 16.4. The third kappa shape index (κ3) is 3.22. The minimum Gasteiger partial charge on any atom is -0.481 e. The van der Waals surface area contributed by atoms with Gasteiger partial charge in [-0.05, 0) is 44.7 Å². The molecule has 1 saturated carbocycles. The van der Waals surface area contributed by atoms with Crippen molar-refractivity contribution >= 4 is 11.9 Å². The van der Waals surface area contributed by atoms with Crippen molar-refractivity contribution in [3.8, 4) is 0 Å². The highest BCUT2D eigenvalue weighted by Crippen LogP contribution is 2.36. The van der Waals surface area contributed by atoms with Crippen LogP contribution >= 0.6 is 0 Å². The van der Waals surface area contributed by atoms with Gasteiger partial charge in [0.15, 0.2) is 0 Å². The monoisotopic (exact) mass is 254 g/mol. The van der Waals surface area contributed by atoms with E-state index in [9.17, 15) is 9.59 Å². The predicted molar refractivity (Wildman–Crippen MR) is 67.1 cm³/mol. The van der Waals surface area contributed by atoms with E-state index in [1.54, 1.807) is 11.8 Å². The van der Waals surface area contributed by atoms with E-state index < -0.39 is 5.97 Å². The maximum absolute atomic E-state index is 11.6. The molecule has 2 atom stereocenters. The Labute approximate surface area is 108 Å². The molecule has 18 heavy (non-hydrogen) atoms. The Bertz CT molecular complexity index is 326. The molecule has 2 rings (SSSR count). The topological polar surface area (TPSA) is 69.6 Å². The van der Waals surface area contributed by atoms with Gasteiger partial charge in [-0.15, -0.1) is 0 Å². The second-order valence-electron chi connectivity index (χ2n) is 5.44. The summed E-state index contributed by atoms with van der Waals surface area (Å²) in [5, 5.41) is 12.2. The zero-order valence-electron chi connectivity index (χ0n) is 10.9. The summed E-state index contributed by atoms with van der Waals surface area (Å²) in [6.07, 6.45) is 3.96. The second-order valence-corrected chi connectivity index (χ2v) is 5.44. The number of aliphatic carboxylic acids is 1. The van der Waals surface area contributed by atoms with E-state index in [-0.39, 0.29) is 17.9 Å². The van der Waals surface area contributed by atoms with Crippen LogP contribution in [0.5, 0.6) is 0 Å². The first kappa shape index (κ1) is 13.3. The maximum Gasteiger partial charge on any atom is 0.308 e. The number of nitrogens with one attached hydrogen (secondary N) is 1. The van der Waals surface area contributed by atoms with E-state index in [1.807, 2.05) is 0 Å². The largest absolute Gasteiger partial charge is 0.481 e. The molecule has 5 heteroatoms. The normalized spacial score (nSPS) is 27.8. The van der Waals surface area contributed by atoms with E-state index in [0.29, 0.717) is 18.9 Å². The second kappa shape index (κ2) is 5.69. The van der Waals surface area contributed by atoms with Crippen LogP contribution in [-0.2, 0) is 9.59 Å². The van der Waals surface area contributed by atoms with Crippen molar-refractivity contribution in [3.63, 3.8) is 0 Å². The first-order valence-electron chi connectivity index (χ1n) is 6.80. The third-order valence-electron chi connectivity index (χ3n) is 4.12. The molecular formula is C13H22N2O3. The van der Waals surface area contributed by atoms with Crippen LogP contribution in [0.3, 0.4) is 0 Å². The zero-order chi connectivity index (χ0) is 13.1. The molecule has 1 aliphatic heterocycles. The molecule has 0 unspecified atom stereocenters. The fourth-order valence-electron chi connectivity index (χ4n) is 2.84. The van der Waals surface area contributed by atoms with E-state index in [1.165, 1.54) is 12.8 Å². The van der Waals surface area contributed by atoms with Gasteiger partial charge in [0, 0.05) is 19.5 Å². The molecule has 2 fully saturated rings. The number of carbonyl (C=O) groups is 2. The van der Waals surface area contributed by atoms with Gasteiger partial charge in [0.25, 0.3) is 0 Å². The smallest absolute Gasteiger partial charge is 0.308 e. The molecule has 1 aliphatic carbocycles. The number of nitrogens with zero attached hydrogens (tertiary/aromatic N) is 1. The van der Waals surface area contributed by atoms with Crippen LogP contribution in [0.1, 0.15) is 32.6 Å². The summed E-state index contributed by atoms with van der Waals surface area (Å²) in [5.74, 6) is -0.414. The summed E-state index contributed by atoms with van der Waals surface area (Å²) in [6.45, 7) is 4.38. The molecule has 1 amide bonds. The van der Waals surface area contributed by atoms with Gasteiger partial charge in [0.1, 0.15) is 0 Å². The van der Waals surface area contributed by atoms with E-state index in [2.05, 4.69) is 5.32 Å². The Morgan fingerprint density at radius 3 is 2.50 bits per heavy atom. The highest BCUT2D eigenvalue weighted by Gasteiger charge is 2.48. The molecule has 0 spiro atoms. The van der Waals surface area contributed by atoms with Crippen LogP contribution in [0, 0.1) is 11.8 Å². The molecule has 1 heterocycles. The molecule has 0 aromatic heterocycles. The van der Waals surface area contributed by atoms with Gasteiger partial charge in [0.2, 0.25) is 5.91 Å². The van der Waals surface area contributed by atoms with Gasteiger partial charge >= 0.3 is 5.97 Å². The molecule has 2 N–H and O–H groups in total. The molecular weight excluding hydrogens is 232 g/mol. The maximum atomic E-state index is 11.6. The van der Waals surface area contributed by atoms with Crippen LogP contribution in [0.4, 0.5) is 0 Å². The molecule has 0 aromatic rings. The van der Waals surface area contributed by atoms with Crippen molar-refractivity contribution < 1.29 is 14.7 Å². The van der Waals surface area contributed by atoms with Crippen LogP contribution in [0.25, 0.3) is 0 Å². The van der Waals surface area contributed by atoms with Gasteiger partial charge < -0.3 is 15.3 Å². The van der Waals surface area contributed by atoms with E-state index >= 15 is 0 Å². The number of carboxylic acids is 1. The summed E-state index contributed by atoms with van der Waals surface area (Å²) in [4.78, 5) is 24.2. The van der Waals surface area contributed by atoms with Gasteiger partial charge in [-0.25, -0.2) is 0 Å². The van der Waals surface area contributed by atoms with Gasteiger partial charge in [-0.1, -0.05) is 0 Å². The van der Waals surface area contributed by atoms with Crippen molar-refractivity contribution in [1.82, 2.24) is 10.2 Å². The lowest BCUT2D eigenvalue weighted by atomic mass is 9.94. The van der Waals surface area contributed by atoms with Gasteiger partial charge in [-0.2, -0.15) is 0 Å². The predicted octanol–water partition coefficient (Wildman–Crippen LogP) is 0.698. The van der Waals surface area contributed by atoms with E-state index in [4.69, 9.17) is 5.11 Å². The number of hydrogen-bond acceptors (Lipinski definition) is 3. The average Bonchev–Trinajstić information content (AvgIpc) is 3.10. The average molecular weight is 254 g/mol. The van der Waals surface area contributed by atoms with Crippen LogP contribution < -0.4 is 5.32 Å². The minimum atomic E-state index is -0.770. The minimum absolute atomic E-state index is 0.0117. The number of carbonyl (C=O) groups excluding carboxylic acids is 1. The molecule has 1 saturated heterocycles. The zero-order valence-corrected chi connectivity index (χ0v) is 10.9. The lowest BCUT2D eigenvalue weighted by Gasteiger charge is -2.27. The molecule has 0 bridgehead atoms. The highest BCUT2D eigenvalue weighted by molar-refractivity contribution is 5.79. The lowest BCUT2D eigenvalue weighted by Crippen LogP contribution is -2.36. The number of hydrogen-bond donors (Lipinski definition) is 2. The summed E-state index contributed by atoms with van der Waals surface area (Å²) >= 11 is 0. The number of amides is 1. The van der Waals surface area contributed by atoms with Crippen molar-refractivity contribution in [2.45, 2.75) is 38.6 Å². The van der Waals surface area contributed by atoms with Crippen molar-refractivity contribution in [3.05, 3.63) is 0 Å². The molecule has 5 nitrogen and oxygen atoms in total. The Balaban J connectivity index is 1.80. The standard InChI is InChI=1S/C13H22N2O3/c1-9(16)15(12-8-11(12)13(17)18)7-4-10-2-5-14-6-3-10/h10-12,14H,2-8H2,1H3,(H,17,18)/t11-,12-/m1/s1. The summed E-state index contributed by atoms with van der Waals surface area (Å²) < 4.78 is 0. The van der Waals surface area contributed by atoms with Crippen molar-refractivity contribution in [2.75, 3.05) is 19.6 Å². The molecule has 2 aliphatic rings. The first-order valence-corrected chi connectivity index (χ1v) is 6.80. The number of carboxylic acid groups (broad SMARTS) is 1. The number of rotatable bonds is 5. The van der Waals surface area contributed by atoms with Crippen LogP contribution in [0.15, 0.2) is 0 Å². The van der Waals surface area contributed by atoms with Crippen LogP contribution in [-0.4, -0.2) is 47.6 Å². The molecule has 102 valence electrons. The fraction of sp³-hybridized carbons (Fsp3) is 0.846. The van der Waals surface area contributed by atoms with E-state index in [0.717, 1.165) is 19.5 Å². The SMILES string of the molecule is CC(=O)N(CCC1CCNCC1)[C@@H]1C[C@H]1C(=O)O. The Kier molecular flexibility index (Phi) is 4.22. The van der Waals surface area contributed by atoms with Gasteiger partial charge in [0.05, 0.1) is 5.92 Å². The first-order chi connectivity index (χ1) is 8.59. The fourth-order valence-corrected chi connectivity index (χ4v) is 2.84. The lowest BCUT2D eigenvalue weighted by molar-refractivity contribution is -0.139. The summed E-state index contributed by atoms with van der Waals surface area (Å²) in [6, 6.07) is -0.0540. The summed E-state index contributed by atoms with van der Waals surface area (Å²) in [7, 11) is 0. The molecule has 0 aromatic carbocycles. The third-order valence-corrected chi connectivity index (χ3v) is 4.12. The Morgan fingerprint density at radius 1 is 1.33 bits per heavy atom. The van der Waals surface area contributed by atoms with Crippen LogP contribution in [0.2, 0.25) is 0 Å². The van der Waals surface area contributed by atoms with Crippen molar-refractivity contribution in [2.24, 2.45) is 11.8 Å². The Hall–Kier alpha value is -1.10. The molecule has 0 radical (unpaired) electrons. The number of piperidine rings is 1. The van der Waals surface area contributed by atoms with Crippen molar-refractivity contribution in [1.29, 1.82) is 0 Å². The Morgan fingerprint density at radius 2 is 2.00 bits per heavy atom. The summed E-state index contributed by atoms with van der Waals surface area (Å²) in [5.41, 5.74) is 0. The quantitative estimate of drug-likeness (QED) is 0.757.